The quantitative estimate of drug-likeness (QED) is 0.725. The smallest absolute Gasteiger partial charge is 0.409 e. The monoisotopic (exact) mass is 194 g/mol. The van der Waals surface area contributed by atoms with Crippen LogP contribution in [0.2, 0.25) is 0 Å². The average Bonchev–Trinajstić information content (AvgIpc) is 2.16. The summed E-state index contributed by atoms with van der Waals surface area (Å²) in [6, 6.07) is 7.22. The van der Waals surface area contributed by atoms with E-state index >= 15 is 0 Å². The molecule has 1 amide bonds. The fourth-order valence-corrected chi connectivity index (χ4v) is 0.888. The third-order valence-corrected chi connectivity index (χ3v) is 1.71. The largest absolute Gasteiger partial charge is 0.445 e. The SMILES string of the molecule is CN(C)C(=O)OCc1ccc(N)cc1. The van der Waals surface area contributed by atoms with Crippen LogP contribution in [0, 0.1) is 0 Å². The van der Waals surface area contributed by atoms with Crippen molar-refractivity contribution in [1.29, 1.82) is 0 Å². The predicted octanol–water partition coefficient (Wildman–Crippen LogP) is 1.47. The van der Waals surface area contributed by atoms with Gasteiger partial charge in [-0.2, -0.15) is 0 Å². The summed E-state index contributed by atoms with van der Waals surface area (Å²) in [6.45, 7) is 0.275. The van der Waals surface area contributed by atoms with E-state index in [1.807, 2.05) is 12.1 Å². The molecule has 0 aliphatic carbocycles. The zero-order chi connectivity index (χ0) is 10.6. The second-order valence-corrected chi connectivity index (χ2v) is 3.19. The van der Waals surface area contributed by atoms with Gasteiger partial charge in [0.05, 0.1) is 0 Å². The van der Waals surface area contributed by atoms with Gasteiger partial charge in [0.2, 0.25) is 0 Å². The topological polar surface area (TPSA) is 55.6 Å². The molecule has 0 spiro atoms. The molecule has 0 unspecified atom stereocenters. The molecule has 1 aromatic carbocycles. The van der Waals surface area contributed by atoms with Crippen molar-refractivity contribution in [2.75, 3.05) is 19.8 Å². The van der Waals surface area contributed by atoms with E-state index in [1.54, 1.807) is 26.2 Å². The summed E-state index contributed by atoms with van der Waals surface area (Å²) < 4.78 is 4.98. The lowest BCUT2D eigenvalue weighted by atomic mass is 10.2. The van der Waals surface area contributed by atoms with E-state index in [1.165, 1.54) is 4.90 Å². The molecule has 0 aliphatic heterocycles. The first kappa shape index (κ1) is 10.4. The van der Waals surface area contributed by atoms with Gasteiger partial charge in [-0.05, 0) is 17.7 Å². The second kappa shape index (κ2) is 4.50. The third-order valence-electron chi connectivity index (χ3n) is 1.71. The Morgan fingerprint density at radius 1 is 1.36 bits per heavy atom. The molecule has 0 aliphatic rings. The van der Waals surface area contributed by atoms with Crippen molar-refractivity contribution in [3.8, 4) is 0 Å². The molecule has 2 N–H and O–H groups in total. The lowest BCUT2D eigenvalue weighted by Crippen LogP contribution is -2.22. The van der Waals surface area contributed by atoms with Crippen molar-refractivity contribution in [1.82, 2.24) is 4.90 Å². The molecule has 0 fully saturated rings. The van der Waals surface area contributed by atoms with Gasteiger partial charge in [-0.25, -0.2) is 4.79 Å². The van der Waals surface area contributed by atoms with Gasteiger partial charge in [-0.3, -0.25) is 0 Å². The molecular weight excluding hydrogens is 180 g/mol. The van der Waals surface area contributed by atoms with Crippen LogP contribution in [0.1, 0.15) is 5.56 Å². The Bertz CT molecular complexity index is 306. The van der Waals surface area contributed by atoms with Gasteiger partial charge in [-0.1, -0.05) is 12.1 Å². The van der Waals surface area contributed by atoms with Gasteiger partial charge < -0.3 is 15.4 Å². The number of carbonyl (C=O) groups is 1. The Morgan fingerprint density at radius 3 is 2.43 bits per heavy atom. The van der Waals surface area contributed by atoms with E-state index in [9.17, 15) is 4.79 Å². The maximum atomic E-state index is 11.1. The van der Waals surface area contributed by atoms with Crippen LogP contribution >= 0.6 is 0 Å². The van der Waals surface area contributed by atoms with Gasteiger partial charge in [0.1, 0.15) is 6.61 Å². The van der Waals surface area contributed by atoms with Gasteiger partial charge in [0.15, 0.2) is 0 Å². The van der Waals surface area contributed by atoms with Crippen LogP contribution in [0.15, 0.2) is 24.3 Å². The van der Waals surface area contributed by atoms with Crippen LogP contribution in [-0.2, 0) is 11.3 Å². The molecule has 0 aromatic heterocycles. The Labute approximate surface area is 83.3 Å². The maximum absolute atomic E-state index is 11.1. The molecule has 4 heteroatoms. The molecule has 0 atom stereocenters. The molecule has 1 aromatic rings. The summed E-state index contributed by atoms with van der Waals surface area (Å²) in [5.41, 5.74) is 7.14. The van der Waals surface area contributed by atoms with Crippen molar-refractivity contribution >= 4 is 11.8 Å². The molecule has 76 valence electrons. The number of hydrogen-bond donors (Lipinski definition) is 1. The molecule has 0 bridgehead atoms. The zero-order valence-corrected chi connectivity index (χ0v) is 8.36. The Hall–Kier alpha value is -1.71. The van der Waals surface area contributed by atoms with E-state index < -0.39 is 0 Å². The lowest BCUT2D eigenvalue weighted by molar-refractivity contribution is 0.112. The van der Waals surface area contributed by atoms with Crippen LogP contribution in [0.4, 0.5) is 10.5 Å². The van der Waals surface area contributed by atoms with Crippen molar-refractivity contribution in [3.63, 3.8) is 0 Å². The highest BCUT2D eigenvalue weighted by atomic mass is 16.6. The lowest BCUT2D eigenvalue weighted by Gasteiger charge is -2.10. The highest BCUT2D eigenvalue weighted by Crippen LogP contribution is 2.06. The molecule has 4 nitrogen and oxygen atoms in total. The number of amides is 1. The minimum Gasteiger partial charge on any atom is -0.445 e. The predicted molar refractivity (Wildman–Crippen MR) is 54.7 cm³/mol. The van der Waals surface area contributed by atoms with Crippen LogP contribution in [-0.4, -0.2) is 25.1 Å². The van der Waals surface area contributed by atoms with Crippen LogP contribution < -0.4 is 5.73 Å². The molecule has 1 rings (SSSR count). The summed E-state index contributed by atoms with van der Waals surface area (Å²) >= 11 is 0. The standard InChI is InChI=1S/C10H14N2O2/c1-12(2)10(13)14-7-8-3-5-9(11)6-4-8/h3-6H,7,11H2,1-2H3. The fourth-order valence-electron chi connectivity index (χ4n) is 0.888. The number of ether oxygens (including phenoxy) is 1. The second-order valence-electron chi connectivity index (χ2n) is 3.19. The van der Waals surface area contributed by atoms with Crippen molar-refractivity contribution < 1.29 is 9.53 Å². The summed E-state index contributed by atoms with van der Waals surface area (Å²) in [5, 5.41) is 0. The fraction of sp³-hybridized carbons (Fsp3) is 0.300. The number of nitrogens with zero attached hydrogens (tertiary/aromatic N) is 1. The van der Waals surface area contributed by atoms with Crippen LogP contribution in [0.5, 0.6) is 0 Å². The third kappa shape index (κ3) is 2.97. The average molecular weight is 194 g/mol. The van der Waals surface area contributed by atoms with Crippen molar-refractivity contribution in [3.05, 3.63) is 29.8 Å². The van der Waals surface area contributed by atoms with Gasteiger partial charge in [-0.15, -0.1) is 0 Å². The number of carbonyl (C=O) groups excluding carboxylic acids is 1. The first-order valence-corrected chi connectivity index (χ1v) is 4.28. The first-order valence-electron chi connectivity index (χ1n) is 4.28. The number of rotatable bonds is 2. The van der Waals surface area contributed by atoms with E-state index in [0.717, 1.165) is 5.56 Å². The van der Waals surface area contributed by atoms with E-state index in [2.05, 4.69) is 0 Å². The number of benzene rings is 1. The van der Waals surface area contributed by atoms with Crippen molar-refractivity contribution in [2.24, 2.45) is 0 Å². The van der Waals surface area contributed by atoms with Gasteiger partial charge >= 0.3 is 6.09 Å². The summed E-state index contributed by atoms with van der Waals surface area (Å²) in [5.74, 6) is 0. The molecular formula is C10H14N2O2. The normalized spacial score (nSPS) is 9.57. The summed E-state index contributed by atoms with van der Waals surface area (Å²) in [4.78, 5) is 12.4. The number of nitrogen functional groups attached to an aromatic ring is 1. The molecule has 0 saturated carbocycles. The Kier molecular flexibility index (Phi) is 3.34. The first-order chi connectivity index (χ1) is 6.59. The molecule has 0 saturated heterocycles. The number of anilines is 1. The van der Waals surface area contributed by atoms with Gasteiger partial charge in [0, 0.05) is 19.8 Å². The summed E-state index contributed by atoms with van der Waals surface area (Å²) in [6.07, 6.45) is -0.346. The number of hydrogen-bond acceptors (Lipinski definition) is 3. The molecule has 14 heavy (non-hydrogen) atoms. The van der Waals surface area contributed by atoms with Gasteiger partial charge in [0.25, 0.3) is 0 Å². The molecule has 0 radical (unpaired) electrons. The zero-order valence-electron chi connectivity index (χ0n) is 8.36. The highest BCUT2D eigenvalue weighted by molar-refractivity contribution is 5.66. The summed E-state index contributed by atoms with van der Waals surface area (Å²) in [7, 11) is 3.29. The van der Waals surface area contributed by atoms with E-state index in [-0.39, 0.29) is 12.7 Å². The van der Waals surface area contributed by atoms with Crippen LogP contribution in [0.25, 0.3) is 0 Å². The van der Waals surface area contributed by atoms with E-state index in [4.69, 9.17) is 10.5 Å². The Balaban J connectivity index is 2.46. The highest BCUT2D eigenvalue weighted by Gasteiger charge is 2.04. The maximum Gasteiger partial charge on any atom is 0.409 e. The minimum absolute atomic E-state index is 0.275. The van der Waals surface area contributed by atoms with E-state index in [0.29, 0.717) is 5.69 Å². The molecule has 0 heterocycles. The van der Waals surface area contributed by atoms with Crippen LogP contribution in [0.3, 0.4) is 0 Å². The van der Waals surface area contributed by atoms with Crippen molar-refractivity contribution in [2.45, 2.75) is 6.61 Å². The number of nitrogens with two attached hydrogens (primary N) is 1. The minimum atomic E-state index is -0.346. The Morgan fingerprint density at radius 2 is 1.93 bits per heavy atom.